The van der Waals surface area contributed by atoms with Crippen molar-refractivity contribution >= 4 is 33.9 Å². The van der Waals surface area contributed by atoms with Crippen LogP contribution in [0.25, 0.3) is 21.5 Å². The molecule has 0 N–H and O–H groups in total. The molecule has 74 valence electrons. The standard InChI is InChI=1S/C11H6ClNOS/c12-10-6-15-11(13-10)8-5-14-9-4-2-1-3-7(8)9/h1-6H. The van der Waals surface area contributed by atoms with Gasteiger partial charge in [0.15, 0.2) is 0 Å². The third-order valence-electron chi connectivity index (χ3n) is 2.19. The van der Waals surface area contributed by atoms with Gasteiger partial charge in [0.05, 0.1) is 5.56 Å². The maximum atomic E-state index is 5.80. The zero-order valence-electron chi connectivity index (χ0n) is 7.61. The van der Waals surface area contributed by atoms with Gasteiger partial charge < -0.3 is 4.42 Å². The highest BCUT2D eigenvalue weighted by atomic mass is 35.5. The first-order chi connectivity index (χ1) is 7.34. The monoisotopic (exact) mass is 235 g/mol. The van der Waals surface area contributed by atoms with E-state index in [9.17, 15) is 0 Å². The Morgan fingerprint density at radius 3 is 2.93 bits per heavy atom. The molecule has 0 bridgehead atoms. The number of benzene rings is 1. The molecular weight excluding hydrogens is 230 g/mol. The third kappa shape index (κ3) is 1.44. The van der Waals surface area contributed by atoms with Crippen molar-refractivity contribution in [2.24, 2.45) is 0 Å². The van der Waals surface area contributed by atoms with E-state index in [4.69, 9.17) is 16.0 Å². The molecule has 0 saturated heterocycles. The van der Waals surface area contributed by atoms with E-state index in [2.05, 4.69) is 4.98 Å². The molecule has 0 aliphatic rings. The number of para-hydroxylation sites is 1. The van der Waals surface area contributed by atoms with Crippen molar-refractivity contribution in [1.29, 1.82) is 0 Å². The van der Waals surface area contributed by atoms with Gasteiger partial charge in [0.25, 0.3) is 0 Å². The Morgan fingerprint density at radius 2 is 2.13 bits per heavy atom. The minimum absolute atomic E-state index is 0.528. The molecule has 0 radical (unpaired) electrons. The van der Waals surface area contributed by atoms with Gasteiger partial charge in [-0.05, 0) is 6.07 Å². The van der Waals surface area contributed by atoms with Crippen molar-refractivity contribution < 1.29 is 4.42 Å². The SMILES string of the molecule is Clc1csc(-c2coc3ccccc23)n1. The Labute approximate surface area is 95.1 Å². The molecule has 2 nitrogen and oxygen atoms in total. The topological polar surface area (TPSA) is 26.0 Å². The van der Waals surface area contributed by atoms with Crippen LogP contribution in [0.4, 0.5) is 0 Å². The molecule has 2 heterocycles. The molecule has 2 aromatic heterocycles. The van der Waals surface area contributed by atoms with Gasteiger partial charge in [-0.2, -0.15) is 0 Å². The summed E-state index contributed by atoms with van der Waals surface area (Å²) in [6.07, 6.45) is 1.72. The van der Waals surface area contributed by atoms with Gasteiger partial charge in [0, 0.05) is 10.8 Å². The van der Waals surface area contributed by atoms with Crippen LogP contribution < -0.4 is 0 Å². The van der Waals surface area contributed by atoms with E-state index in [1.807, 2.05) is 29.6 Å². The van der Waals surface area contributed by atoms with Crippen LogP contribution in [0.5, 0.6) is 0 Å². The van der Waals surface area contributed by atoms with Crippen molar-refractivity contribution in [3.8, 4) is 10.6 Å². The predicted molar refractivity (Wildman–Crippen MR) is 62.3 cm³/mol. The van der Waals surface area contributed by atoms with Crippen molar-refractivity contribution in [2.75, 3.05) is 0 Å². The normalized spacial score (nSPS) is 11.0. The highest BCUT2D eigenvalue weighted by molar-refractivity contribution is 7.13. The summed E-state index contributed by atoms with van der Waals surface area (Å²) in [5.74, 6) is 0. The van der Waals surface area contributed by atoms with Crippen molar-refractivity contribution in [1.82, 2.24) is 4.98 Å². The maximum absolute atomic E-state index is 5.80. The fraction of sp³-hybridized carbons (Fsp3) is 0. The number of furan rings is 1. The van der Waals surface area contributed by atoms with Crippen LogP contribution in [0.15, 0.2) is 40.3 Å². The molecule has 0 unspecified atom stereocenters. The Morgan fingerprint density at radius 1 is 1.27 bits per heavy atom. The van der Waals surface area contributed by atoms with Crippen LogP contribution in [0.2, 0.25) is 5.15 Å². The average molecular weight is 236 g/mol. The Kier molecular flexibility index (Phi) is 2.01. The number of rotatable bonds is 1. The first kappa shape index (κ1) is 8.95. The van der Waals surface area contributed by atoms with Gasteiger partial charge in [-0.15, -0.1) is 11.3 Å². The summed E-state index contributed by atoms with van der Waals surface area (Å²) in [4.78, 5) is 4.23. The van der Waals surface area contributed by atoms with Gasteiger partial charge in [-0.25, -0.2) is 4.98 Å². The second-order valence-corrected chi connectivity index (χ2v) is 4.37. The Balaban J connectivity index is 2.27. The Hall–Kier alpha value is -1.32. The lowest BCUT2D eigenvalue weighted by molar-refractivity contribution is 0.617. The van der Waals surface area contributed by atoms with Crippen LogP contribution in [0, 0.1) is 0 Å². The first-order valence-corrected chi connectivity index (χ1v) is 5.68. The highest BCUT2D eigenvalue weighted by Crippen LogP contribution is 2.33. The maximum Gasteiger partial charge on any atom is 0.140 e. The van der Waals surface area contributed by atoms with Crippen molar-refractivity contribution in [2.45, 2.75) is 0 Å². The number of hydrogen-bond acceptors (Lipinski definition) is 3. The minimum atomic E-state index is 0.528. The number of thiazole rings is 1. The van der Waals surface area contributed by atoms with Crippen LogP contribution in [-0.2, 0) is 0 Å². The van der Waals surface area contributed by atoms with Gasteiger partial charge in [-0.3, -0.25) is 0 Å². The van der Waals surface area contributed by atoms with E-state index < -0.39 is 0 Å². The molecule has 15 heavy (non-hydrogen) atoms. The van der Waals surface area contributed by atoms with Crippen LogP contribution in [0.3, 0.4) is 0 Å². The predicted octanol–water partition coefficient (Wildman–Crippen LogP) is 4.21. The summed E-state index contributed by atoms with van der Waals surface area (Å²) in [7, 11) is 0. The summed E-state index contributed by atoms with van der Waals surface area (Å²) in [5, 5.41) is 4.31. The first-order valence-electron chi connectivity index (χ1n) is 4.42. The average Bonchev–Trinajstić information content (AvgIpc) is 2.83. The summed E-state index contributed by atoms with van der Waals surface area (Å²) in [6.45, 7) is 0. The smallest absolute Gasteiger partial charge is 0.140 e. The molecule has 0 spiro atoms. The summed E-state index contributed by atoms with van der Waals surface area (Å²) in [6, 6.07) is 7.89. The molecule has 0 aliphatic carbocycles. The van der Waals surface area contributed by atoms with E-state index in [1.54, 1.807) is 6.26 Å². The van der Waals surface area contributed by atoms with Crippen LogP contribution in [0.1, 0.15) is 0 Å². The molecule has 1 aromatic carbocycles. The van der Waals surface area contributed by atoms with E-state index >= 15 is 0 Å². The largest absolute Gasteiger partial charge is 0.464 e. The third-order valence-corrected chi connectivity index (χ3v) is 3.39. The molecule has 0 aliphatic heterocycles. The molecule has 0 fully saturated rings. The molecule has 3 aromatic rings. The van der Waals surface area contributed by atoms with Gasteiger partial charge >= 0.3 is 0 Å². The Bertz CT molecular complexity index is 614. The number of fused-ring (bicyclic) bond motifs is 1. The van der Waals surface area contributed by atoms with Gasteiger partial charge in [0.2, 0.25) is 0 Å². The quantitative estimate of drug-likeness (QED) is 0.632. The van der Waals surface area contributed by atoms with Crippen molar-refractivity contribution in [3.63, 3.8) is 0 Å². The fourth-order valence-corrected chi connectivity index (χ4v) is 2.49. The lowest BCUT2D eigenvalue weighted by atomic mass is 10.2. The zero-order valence-corrected chi connectivity index (χ0v) is 9.18. The number of halogens is 1. The van der Waals surface area contributed by atoms with Gasteiger partial charge in [-0.1, -0.05) is 29.8 Å². The summed E-state index contributed by atoms with van der Waals surface area (Å²) >= 11 is 7.32. The molecule has 3 rings (SSSR count). The number of nitrogens with zero attached hydrogens (tertiary/aromatic N) is 1. The lowest BCUT2D eigenvalue weighted by Crippen LogP contribution is -1.72. The van der Waals surface area contributed by atoms with E-state index in [0.29, 0.717) is 5.15 Å². The van der Waals surface area contributed by atoms with E-state index in [-0.39, 0.29) is 0 Å². The molecule has 0 saturated carbocycles. The summed E-state index contributed by atoms with van der Waals surface area (Å²) in [5.41, 5.74) is 1.88. The van der Waals surface area contributed by atoms with Crippen molar-refractivity contribution in [3.05, 3.63) is 41.1 Å². The van der Waals surface area contributed by atoms with Gasteiger partial charge in [0.1, 0.15) is 22.0 Å². The van der Waals surface area contributed by atoms with Crippen LogP contribution in [-0.4, -0.2) is 4.98 Å². The summed E-state index contributed by atoms with van der Waals surface area (Å²) < 4.78 is 5.44. The lowest BCUT2D eigenvalue weighted by Gasteiger charge is -1.90. The van der Waals surface area contributed by atoms with E-state index in [0.717, 1.165) is 21.5 Å². The van der Waals surface area contributed by atoms with Crippen LogP contribution >= 0.6 is 22.9 Å². The fourth-order valence-electron chi connectivity index (χ4n) is 1.52. The highest BCUT2D eigenvalue weighted by Gasteiger charge is 2.10. The second-order valence-electron chi connectivity index (χ2n) is 3.12. The second kappa shape index (κ2) is 3.36. The molecular formula is C11H6ClNOS. The van der Waals surface area contributed by atoms with E-state index in [1.165, 1.54) is 11.3 Å². The molecule has 0 atom stereocenters. The number of hydrogen-bond donors (Lipinski definition) is 0. The molecule has 0 amide bonds. The minimum Gasteiger partial charge on any atom is -0.464 e. The molecule has 4 heteroatoms. The zero-order chi connectivity index (χ0) is 10.3. The number of aromatic nitrogens is 1.